The van der Waals surface area contributed by atoms with Gasteiger partial charge in [-0.25, -0.2) is 9.59 Å². The normalized spacial score (nSPS) is 17.5. The Hall–Kier alpha value is -1.69. The number of quaternary nitrogens is 1. The highest BCUT2D eigenvalue weighted by Crippen LogP contribution is 2.08. The summed E-state index contributed by atoms with van der Waals surface area (Å²) in [6.45, 7) is 1.67. The van der Waals surface area contributed by atoms with E-state index in [4.69, 9.17) is 11.6 Å². The van der Waals surface area contributed by atoms with E-state index >= 15 is 0 Å². The first-order valence-electron chi connectivity index (χ1n) is 5.66. The van der Waals surface area contributed by atoms with Crippen LogP contribution in [0, 0.1) is 6.92 Å². The number of carbonyl (C=O) groups excluding carboxylic acids is 3. The summed E-state index contributed by atoms with van der Waals surface area (Å²) in [5.41, 5.74) is 1.69. The van der Waals surface area contributed by atoms with E-state index in [1.54, 1.807) is 12.1 Å². The predicted octanol–water partition coefficient (Wildman–Crippen LogP) is -2.99. The van der Waals surface area contributed by atoms with Crippen LogP contribution < -0.4 is 22.6 Å². The van der Waals surface area contributed by atoms with E-state index in [0.717, 1.165) is 11.6 Å². The molecular formula is C13H12Cl2N2O3. The Kier molecular flexibility index (Phi) is 5.44. The number of nitrogens with one attached hydrogen (secondary N) is 2. The van der Waals surface area contributed by atoms with Crippen LogP contribution in [-0.2, 0) is 14.4 Å². The van der Waals surface area contributed by atoms with Crippen molar-refractivity contribution >= 4 is 35.0 Å². The molecular weight excluding hydrogens is 303 g/mol. The van der Waals surface area contributed by atoms with Crippen LogP contribution in [-0.4, -0.2) is 24.3 Å². The monoisotopic (exact) mass is 314 g/mol. The van der Waals surface area contributed by atoms with Gasteiger partial charge in [0.25, 0.3) is 5.91 Å². The first-order valence-corrected chi connectivity index (χ1v) is 6.04. The molecule has 0 aromatic heterocycles. The number of carbonyl (C=O) groups is 3. The van der Waals surface area contributed by atoms with Crippen molar-refractivity contribution in [2.45, 2.75) is 6.92 Å². The van der Waals surface area contributed by atoms with E-state index in [1.807, 2.05) is 19.1 Å². The molecule has 0 saturated carbocycles. The molecule has 2 rings (SSSR count). The SMILES string of the molecule is Cc1ccc(NC(=O)C[NH+]2C(=O)C=C(Cl)C2=O)cc1.[Cl-]. The zero-order chi connectivity index (χ0) is 14.0. The number of halogens is 2. The van der Waals surface area contributed by atoms with Crippen LogP contribution in [0.3, 0.4) is 0 Å². The number of aryl methyl sites for hydroxylation is 1. The van der Waals surface area contributed by atoms with Crippen molar-refractivity contribution in [3.63, 3.8) is 0 Å². The van der Waals surface area contributed by atoms with Gasteiger partial charge in [-0.15, -0.1) is 0 Å². The maximum absolute atomic E-state index is 11.7. The summed E-state index contributed by atoms with van der Waals surface area (Å²) in [6, 6.07) is 7.21. The second kappa shape index (κ2) is 6.65. The van der Waals surface area contributed by atoms with Gasteiger partial charge < -0.3 is 17.7 Å². The molecule has 0 aliphatic carbocycles. The maximum atomic E-state index is 11.7. The summed E-state index contributed by atoms with van der Waals surface area (Å²) < 4.78 is 0. The molecule has 106 valence electrons. The highest BCUT2D eigenvalue weighted by Gasteiger charge is 2.37. The molecule has 3 amide bonds. The lowest BCUT2D eigenvalue weighted by Gasteiger charge is -2.08. The van der Waals surface area contributed by atoms with Gasteiger partial charge in [-0.2, -0.15) is 4.90 Å². The van der Waals surface area contributed by atoms with E-state index in [1.165, 1.54) is 0 Å². The Labute approximate surface area is 127 Å². The van der Waals surface area contributed by atoms with E-state index in [0.29, 0.717) is 5.69 Å². The first-order chi connectivity index (χ1) is 8.97. The van der Waals surface area contributed by atoms with Crippen LogP contribution in [0.15, 0.2) is 35.4 Å². The Morgan fingerprint density at radius 1 is 1.25 bits per heavy atom. The molecule has 0 radical (unpaired) electrons. The van der Waals surface area contributed by atoms with Crippen molar-refractivity contribution in [3.05, 3.63) is 40.9 Å². The fraction of sp³-hybridized carbons (Fsp3) is 0.154. The van der Waals surface area contributed by atoms with Gasteiger partial charge in [-0.05, 0) is 19.1 Å². The predicted molar refractivity (Wildman–Crippen MR) is 69.6 cm³/mol. The van der Waals surface area contributed by atoms with Crippen LogP contribution >= 0.6 is 11.6 Å². The highest BCUT2D eigenvalue weighted by atomic mass is 35.5. The van der Waals surface area contributed by atoms with Gasteiger partial charge in [-0.3, -0.25) is 4.79 Å². The number of amides is 3. The zero-order valence-electron chi connectivity index (χ0n) is 10.6. The molecule has 1 aliphatic rings. The van der Waals surface area contributed by atoms with Crippen LogP contribution in [0.2, 0.25) is 0 Å². The van der Waals surface area contributed by atoms with Crippen molar-refractivity contribution in [2.24, 2.45) is 0 Å². The highest BCUT2D eigenvalue weighted by molar-refractivity contribution is 6.44. The maximum Gasteiger partial charge on any atom is 0.364 e. The van der Waals surface area contributed by atoms with E-state index in [9.17, 15) is 14.4 Å². The minimum atomic E-state index is -0.564. The van der Waals surface area contributed by atoms with Gasteiger partial charge in [0.1, 0.15) is 0 Å². The largest absolute Gasteiger partial charge is 1.00 e. The zero-order valence-corrected chi connectivity index (χ0v) is 12.1. The average Bonchev–Trinajstić information content (AvgIpc) is 2.59. The summed E-state index contributed by atoms with van der Waals surface area (Å²) in [6.07, 6.45) is 1.04. The molecule has 0 saturated heterocycles. The van der Waals surface area contributed by atoms with E-state index in [2.05, 4.69) is 5.32 Å². The summed E-state index contributed by atoms with van der Waals surface area (Å²) in [5, 5.41) is 2.49. The number of hydrogen-bond donors (Lipinski definition) is 2. The van der Waals surface area contributed by atoms with E-state index < -0.39 is 17.7 Å². The van der Waals surface area contributed by atoms with Gasteiger partial charge in [0.05, 0.1) is 6.08 Å². The van der Waals surface area contributed by atoms with Crippen LogP contribution in [0.4, 0.5) is 5.69 Å². The lowest BCUT2D eigenvalue weighted by atomic mass is 10.2. The number of benzene rings is 1. The number of hydrogen-bond acceptors (Lipinski definition) is 3. The standard InChI is InChI=1S/C13H11ClN2O3.ClH/c1-8-2-4-9(5-3-8)15-11(17)7-16-12(18)6-10(14)13(16)19;/h2-6H,7H2,1H3,(H,15,17);1H. The average molecular weight is 315 g/mol. The van der Waals surface area contributed by atoms with Gasteiger partial charge in [0.15, 0.2) is 11.6 Å². The molecule has 1 unspecified atom stereocenters. The summed E-state index contributed by atoms with van der Waals surface area (Å²) in [4.78, 5) is 34.6. The molecule has 0 bridgehead atoms. The number of imide groups is 1. The summed E-state index contributed by atoms with van der Waals surface area (Å²) >= 11 is 5.55. The molecule has 7 heteroatoms. The molecule has 0 spiro atoms. The van der Waals surface area contributed by atoms with Crippen molar-refractivity contribution in [2.75, 3.05) is 11.9 Å². The molecule has 1 aromatic rings. The summed E-state index contributed by atoms with van der Waals surface area (Å²) in [7, 11) is 0. The fourth-order valence-corrected chi connectivity index (χ4v) is 1.91. The Bertz CT molecular complexity index is 582. The second-order valence-corrected chi connectivity index (χ2v) is 4.66. The Morgan fingerprint density at radius 2 is 1.85 bits per heavy atom. The molecule has 0 fully saturated rings. The molecule has 1 aromatic carbocycles. The summed E-state index contributed by atoms with van der Waals surface area (Å²) in [5.74, 6) is -1.47. The van der Waals surface area contributed by atoms with Crippen molar-refractivity contribution in [1.82, 2.24) is 0 Å². The molecule has 1 heterocycles. The van der Waals surface area contributed by atoms with Gasteiger partial charge in [0.2, 0.25) is 0 Å². The van der Waals surface area contributed by atoms with Crippen LogP contribution in [0.1, 0.15) is 5.56 Å². The number of rotatable bonds is 3. The van der Waals surface area contributed by atoms with Crippen molar-refractivity contribution < 1.29 is 31.7 Å². The molecule has 5 nitrogen and oxygen atoms in total. The Morgan fingerprint density at radius 3 is 2.35 bits per heavy atom. The number of anilines is 1. The first kappa shape index (κ1) is 16.4. The third-order valence-corrected chi connectivity index (χ3v) is 3.00. The van der Waals surface area contributed by atoms with Gasteiger partial charge in [-0.1, -0.05) is 29.3 Å². The van der Waals surface area contributed by atoms with E-state index in [-0.39, 0.29) is 28.9 Å². The third-order valence-electron chi connectivity index (χ3n) is 2.72. The van der Waals surface area contributed by atoms with Gasteiger partial charge >= 0.3 is 11.8 Å². The topological polar surface area (TPSA) is 67.7 Å². The smallest absolute Gasteiger partial charge is 0.364 e. The quantitative estimate of drug-likeness (QED) is 0.585. The van der Waals surface area contributed by atoms with Crippen molar-refractivity contribution in [1.29, 1.82) is 0 Å². The molecule has 1 atom stereocenters. The molecule has 20 heavy (non-hydrogen) atoms. The second-order valence-electron chi connectivity index (χ2n) is 4.26. The Balaban J connectivity index is 0.00000200. The minimum Gasteiger partial charge on any atom is -1.00 e. The van der Waals surface area contributed by atoms with Crippen LogP contribution in [0.5, 0.6) is 0 Å². The lowest BCUT2D eigenvalue weighted by Crippen LogP contribution is -3.16. The van der Waals surface area contributed by atoms with Crippen LogP contribution in [0.25, 0.3) is 0 Å². The fourth-order valence-electron chi connectivity index (χ4n) is 1.69. The lowest BCUT2D eigenvalue weighted by molar-refractivity contribution is -0.720. The molecule has 2 N–H and O–H groups in total. The third kappa shape index (κ3) is 3.66. The minimum absolute atomic E-state index is 0. The van der Waals surface area contributed by atoms with Crippen molar-refractivity contribution in [3.8, 4) is 0 Å². The molecule has 1 aliphatic heterocycles. The van der Waals surface area contributed by atoms with Gasteiger partial charge in [0, 0.05) is 5.69 Å².